The van der Waals surface area contributed by atoms with Gasteiger partial charge in [0.05, 0.1) is 5.69 Å². The topological polar surface area (TPSA) is 71.3 Å². The first-order chi connectivity index (χ1) is 11.1. The van der Waals surface area contributed by atoms with E-state index in [0.717, 1.165) is 12.1 Å². The summed E-state index contributed by atoms with van der Waals surface area (Å²) >= 11 is 0. The van der Waals surface area contributed by atoms with Gasteiger partial charge in [0.25, 0.3) is 5.91 Å². The number of aromatic nitrogens is 3. The summed E-state index contributed by atoms with van der Waals surface area (Å²) < 4.78 is 1.64. The van der Waals surface area contributed by atoms with Crippen LogP contribution in [0.15, 0.2) is 36.9 Å². The first kappa shape index (κ1) is 15.2. The number of carbonyl (C=O) groups excluding carboxylic acids is 2. The Morgan fingerprint density at radius 3 is 2.35 bits per heavy atom. The van der Waals surface area contributed by atoms with Gasteiger partial charge in [-0.25, -0.2) is 9.67 Å². The van der Waals surface area contributed by atoms with Crippen molar-refractivity contribution in [2.24, 2.45) is 0 Å². The summed E-state index contributed by atoms with van der Waals surface area (Å²) in [5, 5.41) is 4.06. The Kier molecular flexibility index (Phi) is 4.36. The molecule has 1 aromatic carbocycles. The normalized spacial score (nSPS) is 15.3. The molecule has 23 heavy (non-hydrogen) atoms. The molecule has 0 saturated carbocycles. The third-order valence-corrected chi connectivity index (χ3v) is 4.03. The molecule has 0 bridgehead atoms. The number of hydrogen-bond acceptors (Lipinski definition) is 4. The van der Waals surface area contributed by atoms with Crippen LogP contribution in [0.1, 0.15) is 23.7 Å². The summed E-state index contributed by atoms with van der Waals surface area (Å²) in [6, 6.07) is 7.29. The predicted octanol–water partition coefficient (Wildman–Crippen LogP) is 0.962. The predicted molar refractivity (Wildman–Crippen MR) is 84.1 cm³/mol. The second-order valence-corrected chi connectivity index (χ2v) is 5.54. The number of nitrogens with zero attached hydrogens (tertiary/aromatic N) is 5. The summed E-state index contributed by atoms with van der Waals surface area (Å²) in [6.45, 7) is 4.12. The van der Waals surface area contributed by atoms with Crippen molar-refractivity contribution in [3.8, 4) is 5.69 Å². The lowest BCUT2D eigenvalue weighted by Crippen LogP contribution is -2.36. The van der Waals surface area contributed by atoms with Crippen molar-refractivity contribution in [2.75, 3.05) is 26.2 Å². The molecule has 0 aliphatic carbocycles. The van der Waals surface area contributed by atoms with Crippen LogP contribution in [0.25, 0.3) is 5.69 Å². The second kappa shape index (κ2) is 6.60. The van der Waals surface area contributed by atoms with Gasteiger partial charge in [-0.15, -0.1) is 0 Å². The average molecular weight is 313 g/mol. The summed E-state index contributed by atoms with van der Waals surface area (Å²) in [5.41, 5.74) is 1.50. The number of hydrogen-bond donors (Lipinski definition) is 0. The Labute approximate surface area is 134 Å². The molecule has 0 unspecified atom stereocenters. The molecular formula is C16H19N5O2. The molecule has 0 N–H and O–H groups in total. The molecule has 120 valence electrons. The first-order valence-electron chi connectivity index (χ1n) is 7.65. The lowest BCUT2D eigenvalue weighted by Gasteiger charge is -2.21. The Morgan fingerprint density at radius 1 is 1.00 bits per heavy atom. The van der Waals surface area contributed by atoms with Gasteiger partial charge >= 0.3 is 0 Å². The molecule has 1 aliphatic rings. The van der Waals surface area contributed by atoms with Gasteiger partial charge in [-0.05, 0) is 30.7 Å². The lowest BCUT2D eigenvalue weighted by atomic mass is 10.1. The minimum atomic E-state index is 0.000502. The maximum atomic E-state index is 12.6. The molecular weight excluding hydrogens is 294 g/mol. The van der Waals surface area contributed by atoms with E-state index in [1.807, 2.05) is 17.0 Å². The van der Waals surface area contributed by atoms with Crippen molar-refractivity contribution < 1.29 is 9.59 Å². The largest absolute Gasteiger partial charge is 0.341 e. The fourth-order valence-corrected chi connectivity index (χ4v) is 2.72. The van der Waals surface area contributed by atoms with Crippen LogP contribution in [0.5, 0.6) is 0 Å². The van der Waals surface area contributed by atoms with E-state index in [1.165, 1.54) is 6.33 Å². The SMILES string of the molecule is CC(=O)N1CCCN(C(=O)c2ccc(-n3cncn3)cc2)CC1. The molecule has 1 aliphatic heterocycles. The van der Waals surface area contributed by atoms with Crippen molar-refractivity contribution in [3.63, 3.8) is 0 Å². The van der Waals surface area contributed by atoms with E-state index < -0.39 is 0 Å². The summed E-state index contributed by atoms with van der Waals surface area (Å²) in [6.07, 6.45) is 3.89. The van der Waals surface area contributed by atoms with Crippen LogP contribution in [-0.2, 0) is 4.79 Å². The first-order valence-corrected chi connectivity index (χ1v) is 7.65. The maximum absolute atomic E-state index is 12.6. The summed E-state index contributed by atoms with van der Waals surface area (Å²) in [5.74, 6) is 0.0667. The maximum Gasteiger partial charge on any atom is 0.253 e. The monoisotopic (exact) mass is 313 g/mol. The molecule has 7 heteroatoms. The van der Waals surface area contributed by atoms with Gasteiger partial charge in [0.2, 0.25) is 5.91 Å². The highest BCUT2D eigenvalue weighted by Gasteiger charge is 2.21. The Bertz CT molecular complexity index is 681. The third kappa shape index (κ3) is 3.39. The molecule has 1 fully saturated rings. The van der Waals surface area contributed by atoms with E-state index in [4.69, 9.17) is 0 Å². The smallest absolute Gasteiger partial charge is 0.253 e. The fourth-order valence-electron chi connectivity index (χ4n) is 2.72. The molecule has 1 saturated heterocycles. The quantitative estimate of drug-likeness (QED) is 0.828. The minimum Gasteiger partial charge on any atom is -0.341 e. The Balaban J connectivity index is 1.69. The van der Waals surface area contributed by atoms with Crippen LogP contribution in [-0.4, -0.2) is 62.6 Å². The third-order valence-electron chi connectivity index (χ3n) is 4.03. The van der Waals surface area contributed by atoms with E-state index in [-0.39, 0.29) is 11.8 Å². The molecule has 0 radical (unpaired) electrons. The highest BCUT2D eigenvalue weighted by atomic mass is 16.2. The number of amides is 2. The Morgan fingerprint density at radius 2 is 1.70 bits per heavy atom. The van der Waals surface area contributed by atoms with Crippen molar-refractivity contribution in [2.45, 2.75) is 13.3 Å². The summed E-state index contributed by atoms with van der Waals surface area (Å²) in [7, 11) is 0. The van der Waals surface area contributed by atoms with Crippen LogP contribution < -0.4 is 0 Å². The highest BCUT2D eigenvalue weighted by molar-refractivity contribution is 5.94. The minimum absolute atomic E-state index is 0.000502. The van der Waals surface area contributed by atoms with Gasteiger partial charge in [0, 0.05) is 38.7 Å². The number of rotatable bonds is 2. The number of benzene rings is 1. The van der Waals surface area contributed by atoms with Gasteiger partial charge in [-0.2, -0.15) is 5.10 Å². The zero-order chi connectivity index (χ0) is 16.2. The van der Waals surface area contributed by atoms with Crippen LogP contribution in [0, 0.1) is 0 Å². The van der Waals surface area contributed by atoms with Crippen molar-refractivity contribution in [1.82, 2.24) is 24.6 Å². The zero-order valence-corrected chi connectivity index (χ0v) is 13.1. The van der Waals surface area contributed by atoms with Crippen LogP contribution >= 0.6 is 0 Å². The molecule has 2 heterocycles. The molecule has 2 aromatic rings. The van der Waals surface area contributed by atoms with E-state index >= 15 is 0 Å². The van der Waals surface area contributed by atoms with Gasteiger partial charge < -0.3 is 9.80 Å². The van der Waals surface area contributed by atoms with Gasteiger partial charge in [0.15, 0.2) is 0 Å². The van der Waals surface area contributed by atoms with E-state index in [2.05, 4.69) is 10.1 Å². The molecule has 3 rings (SSSR count). The fraction of sp³-hybridized carbons (Fsp3) is 0.375. The molecule has 1 aromatic heterocycles. The van der Waals surface area contributed by atoms with E-state index in [9.17, 15) is 9.59 Å². The van der Waals surface area contributed by atoms with Gasteiger partial charge in [-0.3, -0.25) is 9.59 Å². The van der Waals surface area contributed by atoms with Crippen LogP contribution in [0.2, 0.25) is 0 Å². The zero-order valence-electron chi connectivity index (χ0n) is 13.1. The average Bonchev–Trinajstić information content (AvgIpc) is 2.98. The second-order valence-electron chi connectivity index (χ2n) is 5.54. The van der Waals surface area contributed by atoms with Gasteiger partial charge in [-0.1, -0.05) is 0 Å². The molecule has 7 nitrogen and oxygen atoms in total. The lowest BCUT2D eigenvalue weighted by molar-refractivity contribution is -0.128. The van der Waals surface area contributed by atoms with Crippen molar-refractivity contribution in [3.05, 3.63) is 42.5 Å². The van der Waals surface area contributed by atoms with Crippen molar-refractivity contribution >= 4 is 11.8 Å². The Hall–Kier alpha value is -2.70. The van der Waals surface area contributed by atoms with Crippen molar-refractivity contribution in [1.29, 1.82) is 0 Å². The van der Waals surface area contributed by atoms with E-state index in [0.29, 0.717) is 31.7 Å². The van der Waals surface area contributed by atoms with Crippen LogP contribution in [0.4, 0.5) is 0 Å². The molecule has 2 amide bonds. The summed E-state index contributed by atoms with van der Waals surface area (Å²) in [4.78, 5) is 31.6. The number of carbonyl (C=O) groups is 2. The molecule has 0 spiro atoms. The van der Waals surface area contributed by atoms with Gasteiger partial charge in [0.1, 0.15) is 12.7 Å². The highest BCUT2D eigenvalue weighted by Crippen LogP contribution is 2.12. The standard InChI is InChI=1S/C16H19N5O2/c1-13(22)19-7-2-8-20(10-9-19)16(23)14-3-5-15(6-4-14)21-12-17-11-18-21/h3-6,11-12H,2,7-10H2,1H3. The van der Waals surface area contributed by atoms with Crippen LogP contribution in [0.3, 0.4) is 0 Å². The molecule has 0 atom stereocenters. The van der Waals surface area contributed by atoms with E-state index in [1.54, 1.807) is 35.0 Å².